The molecule has 0 aromatic heterocycles. The number of hydrogen-bond acceptors (Lipinski definition) is 7. The molecule has 0 fully saturated rings. The first-order valence-electron chi connectivity index (χ1n) is 10.8. The lowest BCUT2D eigenvalue weighted by Gasteiger charge is -2.36. The molecule has 1 unspecified atom stereocenters. The molecule has 0 saturated carbocycles. The Kier molecular flexibility index (Phi) is 8.01. The summed E-state index contributed by atoms with van der Waals surface area (Å²) in [5.41, 5.74) is 2.02. The minimum Gasteiger partial charge on any atom is -0.357 e. The molecule has 2 aromatic carbocycles. The molecule has 12 nitrogen and oxygen atoms in total. The molecule has 36 heavy (non-hydrogen) atoms. The van der Waals surface area contributed by atoms with Crippen molar-refractivity contribution in [3.63, 3.8) is 0 Å². The van der Waals surface area contributed by atoms with E-state index in [0.717, 1.165) is 12.5 Å². The number of nitrogens with one attached hydrogen (secondary N) is 3. The van der Waals surface area contributed by atoms with Crippen molar-refractivity contribution in [3.05, 3.63) is 59.2 Å². The van der Waals surface area contributed by atoms with Gasteiger partial charge in [-0.05, 0) is 47.4 Å². The van der Waals surface area contributed by atoms with Gasteiger partial charge in [-0.15, -0.1) is 0 Å². The molecule has 0 bridgehead atoms. The number of nitrogens with zero attached hydrogens (tertiary/aromatic N) is 1. The number of hydrogen-bond donors (Lipinski definition) is 4. The van der Waals surface area contributed by atoms with Crippen molar-refractivity contribution < 1.29 is 35.8 Å². The van der Waals surface area contributed by atoms with Crippen molar-refractivity contribution in [2.24, 2.45) is 0 Å². The van der Waals surface area contributed by atoms with E-state index in [1.54, 1.807) is 12.1 Å². The second kappa shape index (κ2) is 10.6. The topological polar surface area (TPSA) is 179 Å². The van der Waals surface area contributed by atoms with Crippen molar-refractivity contribution in [2.75, 3.05) is 11.8 Å². The predicted octanol–water partition coefficient (Wildman–Crippen LogP) is 0.358. The van der Waals surface area contributed by atoms with E-state index in [4.69, 9.17) is 4.55 Å². The van der Waals surface area contributed by atoms with Crippen LogP contribution in [0.25, 0.3) is 0 Å². The third-order valence-electron chi connectivity index (χ3n) is 5.57. The molecule has 0 spiro atoms. The molecular formula is C22H26N4O8S2. The van der Waals surface area contributed by atoms with Crippen LogP contribution in [-0.4, -0.2) is 57.1 Å². The highest BCUT2D eigenvalue weighted by atomic mass is 32.2. The summed E-state index contributed by atoms with van der Waals surface area (Å²) in [6.45, 7) is 1.12. The minimum absolute atomic E-state index is 0.0319. The lowest BCUT2D eigenvalue weighted by Crippen LogP contribution is -2.52. The molecule has 2 aromatic rings. The van der Waals surface area contributed by atoms with Crippen molar-refractivity contribution in [1.29, 1.82) is 0 Å². The average Bonchev–Trinajstić information content (AvgIpc) is 2.79. The fraction of sp³-hybridized carbons (Fsp3) is 0.318. The summed E-state index contributed by atoms with van der Waals surface area (Å²) in [5, 5.41) is 2.55. The van der Waals surface area contributed by atoms with Gasteiger partial charge in [0.2, 0.25) is 17.7 Å². The van der Waals surface area contributed by atoms with Crippen LogP contribution in [0.2, 0.25) is 0 Å². The van der Waals surface area contributed by atoms with E-state index < -0.39 is 32.3 Å². The monoisotopic (exact) mass is 538 g/mol. The molecule has 3 rings (SSSR count). The third kappa shape index (κ3) is 6.80. The van der Waals surface area contributed by atoms with Crippen LogP contribution in [0.15, 0.2) is 47.4 Å². The summed E-state index contributed by atoms with van der Waals surface area (Å²) in [4.78, 5) is 38.2. The van der Waals surface area contributed by atoms with Crippen LogP contribution in [0, 0.1) is 0 Å². The van der Waals surface area contributed by atoms with Crippen LogP contribution in [0.3, 0.4) is 0 Å². The maximum Gasteiger partial charge on any atom is 0.357 e. The van der Waals surface area contributed by atoms with Crippen molar-refractivity contribution in [2.45, 2.75) is 43.7 Å². The van der Waals surface area contributed by atoms with Crippen LogP contribution >= 0.6 is 0 Å². The van der Waals surface area contributed by atoms with Gasteiger partial charge in [0.1, 0.15) is 6.04 Å². The first-order chi connectivity index (χ1) is 16.8. The summed E-state index contributed by atoms with van der Waals surface area (Å²) in [6, 6.07) is 9.62. The van der Waals surface area contributed by atoms with E-state index in [1.807, 2.05) is 9.44 Å². The van der Waals surface area contributed by atoms with Crippen molar-refractivity contribution in [1.82, 2.24) is 14.9 Å². The van der Waals surface area contributed by atoms with Gasteiger partial charge in [-0.25, -0.2) is 13.1 Å². The van der Waals surface area contributed by atoms with Gasteiger partial charge in [0.05, 0.1) is 10.6 Å². The lowest BCUT2D eigenvalue weighted by atomic mass is 9.92. The Morgan fingerprint density at radius 1 is 1.06 bits per heavy atom. The van der Waals surface area contributed by atoms with Crippen molar-refractivity contribution in [3.8, 4) is 0 Å². The highest BCUT2D eigenvalue weighted by Crippen LogP contribution is 2.27. The summed E-state index contributed by atoms with van der Waals surface area (Å²) in [5.74, 6) is -1.45. The van der Waals surface area contributed by atoms with Crippen LogP contribution in [0.1, 0.15) is 30.0 Å². The van der Waals surface area contributed by atoms with Crippen LogP contribution < -0.4 is 14.8 Å². The Balaban J connectivity index is 1.80. The molecule has 1 heterocycles. The summed E-state index contributed by atoms with van der Waals surface area (Å²) < 4.78 is 59.7. The minimum atomic E-state index is -4.48. The van der Waals surface area contributed by atoms with E-state index in [1.165, 1.54) is 42.3 Å². The molecule has 1 atom stereocenters. The zero-order chi connectivity index (χ0) is 26.7. The molecule has 0 saturated heterocycles. The number of aryl methyl sites for hydroxylation is 1. The van der Waals surface area contributed by atoms with E-state index in [-0.39, 0.29) is 48.2 Å². The number of amides is 3. The van der Waals surface area contributed by atoms with Crippen LogP contribution in [0.5, 0.6) is 0 Å². The standard InChI is InChI=1S/C22H26N4O8S2/c1-14(27)24-35(30,31)19-5-3-4-15(10-19)6-9-21(28)26-13-17-11-18(25-36(32,33)34)8-7-16(17)12-20(26)22(29)23-2/h3-5,7-8,10-11,20,25H,6,9,12-13H2,1-2H3,(H,23,29)(H,24,27)(H,32,33,34). The van der Waals surface area contributed by atoms with Crippen LogP contribution in [-0.2, 0) is 54.1 Å². The van der Waals surface area contributed by atoms with E-state index in [9.17, 15) is 31.2 Å². The number of carbonyl (C=O) groups excluding carboxylic acids is 3. The third-order valence-corrected chi connectivity index (χ3v) is 7.49. The molecule has 3 amide bonds. The molecule has 4 N–H and O–H groups in total. The number of rotatable bonds is 8. The Morgan fingerprint density at radius 2 is 1.78 bits per heavy atom. The number of likely N-dealkylation sites (N-methyl/N-ethyl adjacent to an activating group) is 1. The predicted molar refractivity (Wildman–Crippen MR) is 129 cm³/mol. The summed E-state index contributed by atoms with van der Waals surface area (Å²) in [7, 11) is -7.05. The number of fused-ring (bicyclic) bond motifs is 1. The second-order valence-corrected chi connectivity index (χ2v) is 11.1. The Morgan fingerprint density at radius 3 is 2.42 bits per heavy atom. The summed E-state index contributed by atoms with van der Waals surface area (Å²) >= 11 is 0. The van der Waals surface area contributed by atoms with Gasteiger partial charge in [-0.1, -0.05) is 18.2 Å². The molecule has 1 aliphatic heterocycles. The van der Waals surface area contributed by atoms with Gasteiger partial charge in [-0.3, -0.25) is 23.7 Å². The van der Waals surface area contributed by atoms with Crippen molar-refractivity contribution >= 4 is 43.7 Å². The van der Waals surface area contributed by atoms with Gasteiger partial charge in [0, 0.05) is 33.4 Å². The smallest absolute Gasteiger partial charge is 0.357 e. The summed E-state index contributed by atoms with van der Waals surface area (Å²) in [6.07, 6.45) is 0.350. The largest absolute Gasteiger partial charge is 0.357 e. The van der Waals surface area contributed by atoms with E-state index in [0.29, 0.717) is 11.1 Å². The number of benzene rings is 2. The molecule has 0 aliphatic carbocycles. The number of sulfonamides is 1. The Bertz CT molecular complexity index is 1410. The highest BCUT2D eigenvalue weighted by Gasteiger charge is 2.34. The van der Waals surface area contributed by atoms with E-state index in [2.05, 4.69) is 5.32 Å². The molecule has 14 heteroatoms. The van der Waals surface area contributed by atoms with Gasteiger partial charge < -0.3 is 10.2 Å². The average molecular weight is 539 g/mol. The maximum absolute atomic E-state index is 13.2. The van der Waals surface area contributed by atoms with E-state index >= 15 is 0 Å². The Hall–Kier alpha value is -3.49. The number of carbonyl (C=O) groups is 3. The maximum atomic E-state index is 13.2. The molecule has 194 valence electrons. The molecule has 1 aliphatic rings. The normalized spacial score (nSPS) is 15.5. The number of anilines is 1. The Labute approximate surface area is 209 Å². The fourth-order valence-corrected chi connectivity index (χ4v) is 5.46. The van der Waals surface area contributed by atoms with Crippen LogP contribution in [0.4, 0.5) is 5.69 Å². The van der Waals surface area contributed by atoms with Gasteiger partial charge in [0.15, 0.2) is 0 Å². The fourth-order valence-electron chi connectivity index (χ4n) is 3.97. The first kappa shape index (κ1) is 27.1. The molecular weight excluding hydrogens is 512 g/mol. The van der Waals surface area contributed by atoms with Gasteiger partial charge in [-0.2, -0.15) is 8.42 Å². The second-order valence-electron chi connectivity index (χ2n) is 8.23. The zero-order valence-corrected chi connectivity index (χ0v) is 21.1. The van der Waals surface area contributed by atoms with Gasteiger partial charge in [0.25, 0.3) is 10.0 Å². The first-order valence-corrected chi connectivity index (χ1v) is 13.7. The molecule has 0 radical (unpaired) electrons. The zero-order valence-electron chi connectivity index (χ0n) is 19.5. The highest BCUT2D eigenvalue weighted by molar-refractivity contribution is 7.90. The quantitative estimate of drug-likeness (QED) is 0.348. The van der Waals surface area contributed by atoms with Gasteiger partial charge >= 0.3 is 10.3 Å². The lowest BCUT2D eigenvalue weighted by molar-refractivity contribution is -0.141. The SMILES string of the molecule is CNC(=O)C1Cc2ccc(NS(=O)(=O)O)cc2CN1C(=O)CCc1cccc(S(=O)(=O)NC(C)=O)c1.